The SMILES string of the molecule is CN(C)C=Nc1nc(=O)n(I)cc1/C=C/C(=O)C(C)(C)C. The van der Waals surface area contributed by atoms with Gasteiger partial charge in [0.25, 0.3) is 0 Å². The highest BCUT2D eigenvalue weighted by Crippen LogP contribution is 2.19. The predicted molar refractivity (Wildman–Crippen MR) is 93.3 cm³/mol. The molecule has 0 aromatic carbocycles. The average Bonchev–Trinajstić information content (AvgIpc) is 2.36. The van der Waals surface area contributed by atoms with E-state index in [1.165, 1.54) is 8.86 Å². The van der Waals surface area contributed by atoms with Crippen LogP contribution in [0, 0.1) is 5.41 Å². The summed E-state index contributed by atoms with van der Waals surface area (Å²) in [5.74, 6) is 0.288. The highest BCUT2D eigenvalue weighted by atomic mass is 127. The Labute approximate surface area is 138 Å². The van der Waals surface area contributed by atoms with E-state index >= 15 is 0 Å². The van der Waals surface area contributed by atoms with Crippen molar-refractivity contribution in [3.63, 3.8) is 0 Å². The molecule has 0 spiro atoms. The number of hydrogen-bond donors (Lipinski definition) is 0. The van der Waals surface area contributed by atoms with Gasteiger partial charge in [-0.25, -0.2) is 12.6 Å². The number of nitrogens with zero attached hydrogens (tertiary/aromatic N) is 4. The van der Waals surface area contributed by atoms with Crippen LogP contribution in [0.4, 0.5) is 5.82 Å². The first-order valence-electron chi connectivity index (χ1n) is 6.34. The summed E-state index contributed by atoms with van der Waals surface area (Å²) >= 11 is 1.84. The van der Waals surface area contributed by atoms with Crippen LogP contribution >= 0.6 is 22.9 Å². The molecule has 0 aliphatic rings. The number of aromatic nitrogens is 2. The molecule has 0 atom stereocenters. The van der Waals surface area contributed by atoms with Crippen LogP contribution in [0.1, 0.15) is 26.3 Å². The van der Waals surface area contributed by atoms with E-state index < -0.39 is 11.1 Å². The molecular formula is C14H19IN4O2. The van der Waals surface area contributed by atoms with Crippen LogP contribution in [0.15, 0.2) is 22.1 Å². The third-order valence-corrected chi connectivity index (χ3v) is 3.15. The maximum atomic E-state index is 11.9. The number of aliphatic imine (C=N–C) groups is 1. The second kappa shape index (κ2) is 6.97. The van der Waals surface area contributed by atoms with Gasteiger partial charge in [0.05, 0.1) is 29.2 Å². The number of ketones is 1. The molecule has 0 unspecified atom stereocenters. The van der Waals surface area contributed by atoms with Crippen molar-refractivity contribution in [3.05, 3.63) is 28.3 Å². The van der Waals surface area contributed by atoms with Crippen molar-refractivity contribution in [2.75, 3.05) is 14.1 Å². The largest absolute Gasteiger partial charge is 0.369 e. The zero-order valence-electron chi connectivity index (χ0n) is 12.8. The van der Waals surface area contributed by atoms with E-state index in [4.69, 9.17) is 0 Å². The summed E-state index contributed by atoms with van der Waals surface area (Å²) in [6, 6.07) is 0. The van der Waals surface area contributed by atoms with Gasteiger partial charge in [-0.05, 0) is 12.2 Å². The monoisotopic (exact) mass is 402 g/mol. The molecule has 0 saturated heterocycles. The molecule has 114 valence electrons. The third kappa shape index (κ3) is 5.41. The van der Waals surface area contributed by atoms with Gasteiger partial charge in [-0.3, -0.25) is 4.79 Å². The van der Waals surface area contributed by atoms with Crippen LogP contribution in [0.2, 0.25) is 0 Å². The molecule has 0 aliphatic carbocycles. The van der Waals surface area contributed by atoms with E-state index in [9.17, 15) is 9.59 Å². The number of rotatable bonds is 4. The molecule has 1 aromatic heterocycles. The molecule has 0 aliphatic heterocycles. The molecule has 0 N–H and O–H groups in total. The Hall–Kier alpha value is -1.51. The van der Waals surface area contributed by atoms with Gasteiger partial charge in [0.2, 0.25) is 0 Å². The van der Waals surface area contributed by atoms with E-state index in [1.54, 1.807) is 23.5 Å². The zero-order chi connectivity index (χ0) is 16.2. The summed E-state index contributed by atoms with van der Waals surface area (Å²) in [7, 11) is 3.64. The Morgan fingerprint density at radius 3 is 2.57 bits per heavy atom. The van der Waals surface area contributed by atoms with Crippen LogP contribution in [-0.4, -0.2) is 38.9 Å². The minimum Gasteiger partial charge on any atom is -0.369 e. The van der Waals surface area contributed by atoms with Gasteiger partial charge in [0.15, 0.2) is 11.6 Å². The summed E-state index contributed by atoms with van der Waals surface area (Å²) in [4.78, 5) is 33.3. The second-order valence-corrected chi connectivity index (χ2v) is 6.81. The molecule has 0 fully saturated rings. The Morgan fingerprint density at radius 1 is 1.43 bits per heavy atom. The standard InChI is InChI=1S/C14H19IN4O2/c1-14(2,3)11(20)7-6-10-8-19(15)13(21)17-12(10)16-9-18(4)5/h6-9H,1-5H3/b7-6+,16-9?. The van der Waals surface area contributed by atoms with E-state index in [0.717, 1.165) is 0 Å². The Kier molecular flexibility index (Phi) is 5.82. The number of allylic oxidation sites excluding steroid dienone is 1. The summed E-state index contributed by atoms with van der Waals surface area (Å²) in [6.07, 6.45) is 6.29. The fourth-order valence-electron chi connectivity index (χ4n) is 1.24. The van der Waals surface area contributed by atoms with E-state index in [0.29, 0.717) is 11.4 Å². The van der Waals surface area contributed by atoms with Crippen LogP contribution < -0.4 is 5.69 Å². The highest BCUT2D eigenvalue weighted by molar-refractivity contribution is 14.1. The summed E-state index contributed by atoms with van der Waals surface area (Å²) < 4.78 is 1.33. The molecule has 0 bridgehead atoms. The molecule has 7 heteroatoms. The Balaban J connectivity index is 3.22. The third-order valence-electron chi connectivity index (χ3n) is 2.46. The molecule has 0 radical (unpaired) electrons. The van der Waals surface area contributed by atoms with Crippen molar-refractivity contribution >= 4 is 46.9 Å². The van der Waals surface area contributed by atoms with Crippen molar-refractivity contribution in [1.82, 2.24) is 12.7 Å². The van der Waals surface area contributed by atoms with Crippen LogP contribution in [-0.2, 0) is 4.79 Å². The Bertz CT molecular complexity index is 639. The topological polar surface area (TPSA) is 67.6 Å². The van der Waals surface area contributed by atoms with Crippen LogP contribution in [0.5, 0.6) is 0 Å². The van der Waals surface area contributed by atoms with Crippen LogP contribution in [0.3, 0.4) is 0 Å². The lowest BCUT2D eigenvalue weighted by molar-refractivity contribution is -0.121. The Morgan fingerprint density at radius 2 is 2.05 bits per heavy atom. The summed E-state index contributed by atoms with van der Waals surface area (Å²) in [5, 5.41) is 0. The lowest BCUT2D eigenvalue weighted by atomic mass is 9.90. The molecule has 21 heavy (non-hydrogen) atoms. The number of carbonyl (C=O) groups is 1. The van der Waals surface area contributed by atoms with Gasteiger partial charge in [-0.1, -0.05) is 20.8 Å². The molecule has 1 rings (SSSR count). The number of carbonyl (C=O) groups excluding carboxylic acids is 1. The van der Waals surface area contributed by atoms with Gasteiger partial charge >= 0.3 is 5.69 Å². The fourth-order valence-corrected chi connectivity index (χ4v) is 1.65. The molecule has 6 nitrogen and oxygen atoms in total. The normalized spacial score (nSPS) is 12.3. The molecule has 0 saturated carbocycles. The van der Waals surface area contributed by atoms with Crippen molar-refractivity contribution in [3.8, 4) is 0 Å². The van der Waals surface area contributed by atoms with E-state index in [-0.39, 0.29) is 5.78 Å². The minimum atomic E-state index is -0.449. The van der Waals surface area contributed by atoms with Gasteiger partial charge in [0.1, 0.15) is 0 Å². The minimum absolute atomic E-state index is 0.00347. The first-order chi connectivity index (χ1) is 9.61. The van der Waals surface area contributed by atoms with E-state index in [2.05, 4.69) is 9.98 Å². The summed E-state index contributed by atoms with van der Waals surface area (Å²) in [5.41, 5.74) is -0.240. The molecule has 1 heterocycles. The molecule has 0 amide bonds. The van der Waals surface area contributed by atoms with Crippen LogP contribution in [0.25, 0.3) is 6.08 Å². The predicted octanol–water partition coefficient (Wildman–Crippen LogP) is 2.29. The fraction of sp³-hybridized carbons (Fsp3) is 0.429. The lowest BCUT2D eigenvalue weighted by Gasteiger charge is -2.13. The number of hydrogen-bond acceptors (Lipinski definition) is 4. The second-order valence-electron chi connectivity index (χ2n) is 5.77. The van der Waals surface area contributed by atoms with Gasteiger partial charge in [-0.2, -0.15) is 4.98 Å². The summed E-state index contributed by atoms with van der Waals surface area (Å²) in [6.45, 7) is 5.55. The van der Waals surface area contributed by atoms with Crippen molar-refractivity contribution < 1.29 is 4.79 Å². The van der Waals surface area contributed by atoms with Gasteiger partial charge in [-0.15, -0.1) is 0 Å². The van der Waals surface area contributed by atoms with E-state index in [1.807, 2.05) is 57.7 Å². The first-order valence-corrected chi connectivity index (χ1v) is 7.30. The maximum absolute atomic E-state index is 11.9. The number of halogens is 1. The van der Waals surface area contributed by atoms with Gasteiger partial charge < -0.3 is 4.90 Å². The highest BCUT2D eigenvalue weighted by Gasteiger charge is 2.18. The quantitative estimate of drug-likeness (QED) is 0.336. The lowest BCUT2D eigenvalue weighted by Crippen LogP contribution is -2.18. The van der Waals surface area contributed by atoms with Gasteiger partial charge in [0, 0.05) is 31.3 Å². The first kappa shape index (κ1) is 17.5. The average molecular weight is 402 g/mol. The maximum Gasteiger partial charge on any atom is 0.358 e. The van der Waals surface area contributed by atoms with Crippen molar-refractivity contribution in [1.29, 1.82) is 0 Å². The zero-order valence-corrected chi connectivity index (χ0v) is 15.0. The van der Waals surface area contributed by atoms with Crippen molar-refractivity contribution in [2.24, 2.45) is 10.4 Å². The van der Waals surface area contributed by atoms with Crippen molar-refractivity contribution in [2.45, 2.75) is 20.8 Å². The smallest absolute Gasteiger partial charge is 0.358 e. The molecular weight excluding hydrogens is 383 g/mol. The molecule has 1 aromatic rings.